The first-order chi connectivity index (χ1) is 13.3. The van der Waals surface area contributed by atoms with Gasteiger partial charge in [-0.2, -0.15) is 11.3 Å². The molecule has 0 amide bonds. The van der Waals surface area contributed by atoms with Gasteiger partial charge in [-0.15, -0.1) is 12.4 Å². The van der Waals surface area contributed by atoms with Gasteiger partial charge in [-0.05, 0) is 71.8 Å². The Hall–Kier alpha value is -2.41. The molecule has 1 N–H and O–H groups in total. The fourth-order valence-corrected chi connectivity index (χ4v) is 3.51. The van der Waals surface area contributed by atoms with Gasteiger partial charge in [0.2, 0.25) is 0 Å². The van der Waals surface area contributed by atoms with Crippen LogP contribution in [0.2, 0.25) is 0 Å². The van der Waals surface area contributed by atoms with Crippen molar-refractivity contribution in [2.75, 3.05) is 13.2 Å². The van der Waals surface area contributed by atoms with E-state index in [1.165, 1.54) is 17.7 Å². The maximum absolute atomic E-state index is 13.3. The van der Waals surface area contributed by atoms with E-state index < -0.39 is 0 Å². The Bertz CT molecular complexity index is 1000. The number of aromatic nitrogens is 1. The van der Waals surface area contributed by atoms with E-state index in [2.05, 4.69) is 27.3 Å². The summed E-state index contributed by atoms with van der Waals surface area (Å²) in [6, 6.07) is 14.3. The highest BCUT2D eigenvalue weighted by Crippen LogP contribution is 2.29. The number of halogens is 2. The average Bonchev–Trinajstić information content (AvgIpc) is 3.34. The van der Waals surface area contributed by atoms with E-state index in [-0.39, 0.29) is 18.2 Å². The Morgan fingerprint density at radius 1 is 1.11 bits per heavy atom. The highest BCUT2D eigenvalue weighted by atomic mass is 35.5. The molecule has 0 bridgehead atoms. The number of thiophene rings is 1. The monoisotopic (exact) mass is 418 g/mol. The van der Waals surface area contributed by atoms with Gasteiger partial charge in [-0.25, -0.2) is 4.39 Å². The van der Waals surface area contributed by atoms with Gasteiger partial charge in [0, 0.05) is 23.6 Å². The molecule has 0 fully saturated rings. The number of rotatable bonds is 8. The summed E-state index contributed by atoms with van der Waals surface area (Å²) in [5.41, 5.74) is 3.37. The summed E-state index contributed by atoms with van der Waals surface area (Å²) < 4.78 is 24.3. The Morgan fingerprint density at radius 3 is 2.75 bits per heavy atom. The van der Waals surface area contributed by atoms with Crippen molar-refractivity contribution in [3.8, 4) is 17.0 Å². The lowest BCUT2D eigenvalue weighted by Crippen LogP contribution is -2.16. The Morgan fingerprint density at radius 2 is 1.96 bits per heavy atom. The van der Waals surface area contributed by atoms with Crippen LogP contribution < -0.4 is 10.1 Å². The van der Waals surface area contributed by atoms with Crippen molar-refractivity contribution < 1.29 is 13.7 Å². The van der Waals surface area contributed by atoms with Crippen LogP contribution in [0.1, 0.15) is 12.0 Å². The predicted molar refractivity (Wildman–Crippen MR) is 113 cm³/mol. The zero-order chi connectivity index (χ0) is 18.5. The fourth-order valence-electron chi connectivity index (χ4n) is 2.84. The minimum Gasteiger partial charge on any atom is -0.494 e. The second-order valence-electron chi connectivity index (χ2n) is 6.21. The van der Waals surface area contributed by atoms with E-state index in [0.717, 1.165) is 36.2 Å². The number of nitrogens with one attached hydrogen (secondary N) is 1. The van der Waals surface area contributed by atoms with Crippen LogP contribution in [0, 0.1) is 5.82 Å². The third-order valence-corrected chi connectivity index (χ3v) is 4.97. The Kier molecular flexibility index (Phi) is 7.03. The van der Waals surface area contributed by atoms with Crippen LogP contribution in [0.15, 0.2) is 63.8 Å². The van der Waals surface area contributed by atoms with E-state index in [9.17, 15) is 4.39 Å². The second-order valence-corrected chi connectivity index (χ2v) is 6.99. The van der Waals surface area contributed by atoms with Gasteiger partial charge in [0.15, 0.2) is 5.58 Å². The smallest absolute Gasteiger partial charge is 0.170 e. The quantitative estimate of drug-likeness (QED) is 0.374. The standard InChI is InChI=1S/C21H19FN2O2S.ClH/c22-17-4-7-19-20(12-17)26-24-21(19)16-2-5-18(6-3-16)25-10-1-9-23-13-15-8-11-27-14-15;/h2-8,11-12,14,23H,1,9-10,13H2;1H. The largest absolute Gasteiger partial charge is 0.494 e. The van der Waals surface area contributed by atoms with Crippen molar-refractivity contribution in [3.05, 3.63) is 70.7 Å². The Labute approximate surface area is 172 Å². The molecule has 0 saturated carbocycles. The number of ether oxygens (including phenoxy) is 1. The molecule has 0 radical (unpaired) electrons. The summed E-state index contributed by atoms with van der Waals surface area (Å²) in [5, 5.41) is 12.5. The zero-order valence-corrected chi connectivity index (χ0v) is 16.7. The molecule has 0 saturated heterocycles. The maximum atomic E-state index is 13.3. The summed E-state index contributed by atoms with van der Waals surface area (Å²) in [5.74, 6) is 0.481. The topological polar surface area (TPSA) is 47.3 Å². The van der Waals surface area contributed by atoms with Crippen molar-refractivity contribution in [1.82, 2.24) is 10.5 Å². The molecular formula is C21H20ClFN2O2S. The molecule has 7 heteroatoms. The molecule has 2 heterocycles. The van der Waals surface area contributed by atoms with Gasteiger partial charge >= 0.3 is 0 Å². The van der Waals surface area contributed by atoms with E-state index in [1.54, 1.807) is 17.4 Å². The number of nitrogens with zero attached hydrogens (tertiary/aromatic N) is 1. The van der Waals surface area contributed by atoms with Crippen molar-refractivity contribution in [2.24, 2.45) is 0 Å². The summed E-state index contributed by atoms with van der Waals surface area (Å²) >= 11 is 1.71. The Balaban J connectivity index is 0.00000225. The van der Waals surface area contributed by atoms with Gasteiger partial charge in [-0.3, -0.25) is 0 Å². The number of hydrogen-bond acceptors (Lipinski definition) is 5. The van der Waals surface area contributed by atoms with Crippen LogP contribution in [0.4, 0.5) is 4.39 Å². The van der Waals surface area contributed by atoms with E-state index >= 15 is 0 Å². The molecule has 0 aliphatic heterocycles. The summed E-state index contributed by atoms with van der Waals surface area (Å²) in [6.45, 7) is 2.46. The third-order valence-electron chi connectivity index (χ3n) is 4.24. The van der Waals surface area contributed by atoms with E-state index in [0.29, 0.717) is 17.9 Å². The van der Waals surface area contributed by atoms with Gasteiger partial charge < -0.3 is 14.6 Å². The van der Waals surface area contributed by atoms with Crippen LogP contribution in [0.3, 0.4) is 0 Å². The maximum Gasteiger partial charge on any atom is 0.170 e. The van der Waals surface area contributed by atoms with Crippen molar-refractivity contribution in [1.29, 1.82) is 0 Å². The summed E-state index contributed by atoms with van der Waals surface area (Å²) in [6.07, 6.45) is 0.936. The third kappa shape index (κ3) is 4.90. The molecule has 0 spiro atoms. The highest BCUT2D eigenvalue weighted by molar-refractivity contribution is 7.07. The molecule has 0 aliphatic rings. The van der Waals surface area contributed by atoms with Crippen LogP contribution in [0.25, 0.3) is 22.2 Å². The van der Waals surface area contributed by atoms with E-state index in [4.69, 9.17) is 9.26 Å². The molecule has 28 heavy (non-hydrogen) atoms. The second kappa shape index (κ2) is 9.68. The first-order valence-corrected chi connectivity index (χ1v) is 9.74. The molecule has 0 aliphatic carbocycles. The molecule has 146 valence electrons. The predicted octanol–water partition coefficient (Wildman–Crippen LogP) is 5.68. The molecule has 0 atom stereocenters. The van der Waals surface area contributed by atoms with Gasteiger partial charge in [0.1, 0.15) is 17.3 Å². The van der Waals surface area contributed by atoms with Gasteiger partial charge in [-0.1, -0.05) is 5.16 Å². The molecule has 4 aromatic rings. The molecule has 2 aromatic heterocycles. The minimum absolute atomic E-state index is 0. The van der Waals surface area contributed by atoms with Crippen LogP contribution >= 0.6 is 23.7 Å². The molecular weight excluding hydrogens is 399 g/mol. The fraction of sp³-hybridized carbons (Fsp3) is 0.190. The van der Waals surface area contributed by atoms with Crippen molar-refractivity contribution in [2.45, 2.75) is 13.0 Å². The number of fused-ring (bicyclic) bond motifs is 1. The van der Waals surface area contributed by atoms with E-state index in [1.807, 2.05) is 24.3 Å². The normalized spacial score (nSPS) is 10.8. The average molecular weight is 419 g/mol. The molecule has 2 aromatic carbocycles. The highest BCUT2D eigenvalue weighted by Gasteiger charge is 2.11. The summed E-state index contributed by atoms with van der Waals surface area (Å²) in [7, 11) is 0. The van der Waals surface area contributed by atoms with Gasteiger partial charge in [0.25, 0.3) is 0 Å². The number of benzene rings is 2. The first kappa shape index (κ1) is 20.3. The molecule has 0 unspecified atom stereocenters. The minimum atomic E-state index is -0.334. The van der Waals surface area contributed by atoms with Crippen molar-refractivity contribution >= 4 is 34.7 Å². The lowest BCUT2D eigenvalue weighted by molar-refractivity contribution is 0.308. The summed E-state index contributed by atoms with van der Waals surface area (Å²) in [4.78, 5) is 0. The van der Waals surface area contributed by atoms with Crippen LogP contribution in [0.5, 0.6) is 5.75 Å². The van der Waals surface area contributed by atoms with Gasteiger partial charge in [0.05, 0.1) is 6.61 Å². The zero-order valence-electron chi connectivity index (χ0n) is 15.1. The number of hydrogen-bond donors (Lipinski definition) is 1. The lowest BCUT2D eigenvalue weighted by atomic mass is 10.1. The lowest BCUT2D eigenvalue weighted by Gasteiger charge is -2.07. The molecule has 4 nitrogen and oxygen atoms in total. The van der Waals surface area contributed by atoms with Crippen LogP contribution in [-0.2, 0) is 6.54 Å². The van der Waals surface area contributed by atoms with Crippen LogP contribution in [-0.4, -0.2) is 18.3 Å². The molecule has 4 rings (SSSR count). The SMILES string of the molecule is Cl.Fc1ccc2c(-c3ccc(OCCCNCc4ccsc4)cc3)noc2c1. The first-order valence-electron chi connectivity index (χ1n) is 8.79. The van der Waals surface area contributed by atoms with Crippen molar-refractivity contribution in [3.63, 3.8) is 0 Å².